The maximum absolute atomic E-state index is 13.5. The molecule has 4 rings (SSSR count). The van der Waals surface area contributed by atoms with E-state index in [0.29, 0.717) is 0 Å². The number of hydrogen-bond donors (Lipinski definition) is 1. The van der Waals surface area contributed by atoms with Gasteiger partial charge in [0.2, 0.25) is 0 Å². The first-order valence-electron chi connectivity index (χ1n) is 10.6. The number of aryl methyl sites for hydroxylation is 1. The van der Waals surface area contributed by atoms with Gasteiger partial charge in [-0.1, -0.05) is 43.7 Å². The maximum Gasteiger partial charge on any atom is 0.123 e. The summed E-state index contributed by atoms with van der Waals surface area (Å²) >= 11 is 0. The van der Waals surface area contributed by atoms with Crippen molar-refractivity contribution in [3.63, 3.8) is 0 Å². The van der Waals surface area contributed by atoms with Crippen LogP contribution in [0.3, 0.4) is 0 Å². The third-order valence-corrected chi connectivity index (χ3v) is 5.95. The number of nitrogens with zero attached hydrogens (tertiary/aromatic N) is 1. The van der Waals surface area contributed by atoms with Gasteiger partial charge in [0.05, 0.1) is 6.04 Å². The monoisotopic (exact) mass is 388 g/mol. The molecule has 0 bridgehead atoms. The molecular formula is C26H29FN2. The highest BCUT2D eigenvalue weighted by Crippen LogP contribution is 2.37. The average Bonchev–Trinajstić information content (AvgIpc) is 2.74. The van der Waals surface area contributed by atoms with Crippen molar-refractivity contribution < 1.29 is 4.39 Å². The molecule has 3 aromatic carbocycles. The predicted molar refractivity (Wildman–Crippen MR) is 120 cm³/mol. The predicted octanol–water partition coefficient (Wildman–Crippen LogP) is 6.10. The number of benzene rings is 3. The number of fused-ring (bicyclic) bond motifs is 1. The molecule has 2 N–H and O–H groups in total. The minimum atomic E-state index is -0.196. The summed E-state index contributed by atoms with van der Waals surface area (Å²) in [4.78, 5) is 2.41. The second-order valence-corrected chi connectivity index (χ2v) is 8.02. The van der Waals surface area contributed by atoms with Crippen molar-refractivity contribution in [3.05, 3.63) is 94.8 Å². The van der Waals surface area contributed by atoms with Gasteiger partial charge in [-0.25, -0.2) is 4.39 Å². The van der Waals surface area contributed by atoms with E-state index in [4.69, 9.17) is 5.73 Å². The summed E-state index contributed by atoms with van der Waals surface area (Å²) in [5, 5.41) is 0. The van der Waals surface area contributed by atoms with Gasteiger partial charge in [0.25, 0.3) is 0 Å². The quantitative estimate of drug-likeness (QED) is 0.517. The largest absolute Gasteiger partial charge is 0.399 e. The van der Waals surface area contributed by atoms with Crippen LogP contribution in [0.4, 0.5) is 15.8 Å². The van der Waals surface area contributed by atoms with Crippen molar-refractivity contribution in [2.75, 3.05) is 17.2 Å². The fraction of sp³-hybridized carbons (Fsp3) is 0.308. The molecule has 1 unspecified atom stereocenters. The summed E-state index contributed by atoms with van der Waals surface area (Å²) in [6, 6.07) is 22.4. The third-order valence-electron chi connectivity index (χ3n) is 5.95. The highest BCUT2D eigenvalue weighted by atomic mass is 19.1. The Morgan fingerprint density at radius 2 is 1.69 bits per heavy atom. The molecule has 0 radical (unpaired) electrons. The molecule has 0 aromatic heterocycles. The highest BCUT2D eigenvalue weighted by molar-refractivity contribution is 5.55. The van der Waals surface area contributed by atoms with Crippen molar-refractivity contribution in [1.29, 1.82) is 0 Å². The van der Waals surface area contributed by atoms with Gasteiger partial charge >= 0.3 is 0 Å². The lowest BCUT2D eigenvalue weighted by Crippen LogP contribution is -2.36. The number of halogens is 1. The number of nitrogens with two attached hydrogens (primary N) is 1. The molecule has 1 atom stereocenters. The SMILES string of the molecule is CCCCc1ccc(CC2c3ccc(N)cc3CCN2c2ccc(F)cc2)cc1. The summed E-state index contributed by atoms with van der Waals surface area (Å²) in [6.07, 6.45) is 5.46. The van der Waals surface area contributed by atoms with Crippen LogP contribution in [0.25, 0.3) is 0 Å². The molecule has 1 aliphatic heterocycles. The van der Waals surface area contributed by atoms with Crippen LogP contribution < -0.4 is 10.6 Å². The third kappa shape index (κ3) is 4.45. The number of rotatable bonds is 6. The van der Waals surface area contributed by atoms with Gasteiger partial charge in [-0.3, -0.25) is 0 Å². The first-order chi connectivity index (χ1) is 14.1. The molecule has 150 valence electrons. The Labute approximate surface area is 173 Å². The van der Waals surface area contributed by atoms with Gasteiger partial charge in [-0.15, -0.1) is 0 Å². The smallest absolute Gasteiger partial charge is 0.123 e. The van der Waals surface area contributed by atoms with Crippen molar-refractivity contribution in [3.8, 4) is 0 Å². The Balaban J connectivity index is 1.64. The molecule has 1 aliphatic rings. The molecule has 1 heterocycles. The van der Waals surface area contributed by atoms with E-state index in [2.05, 4.69) is 48.2 Å². The van der Waals surface area contributed by atoms with Gasteiger partial charge in [-0.2, -0.15) is 0 Å². The van der Waals surface area contributed by atoms with Gasteiger partial charge in [0.15, 0.2) is 0 Å². The Hall–Kier alpha value is -2.81. The van der Waals surface area contributed by atoms with Gasteiger partial charge in [0, 0.05) is 17.9 Å². The van der Waals surface area contributed by atoms with E-state index in [-0.39, 0.29) is 11.9 Å². The molecule has 0 aliphatic carbocycles. The van der Waals surface area contributed by atoms with Gasteiger partial charge in [0.1, 0.15) is 5.82 Å². The molecule has 0 fully saturated rings. The Bertz CT molecular complexity index is 947. The van der Waals surface area contributed by atoms with Crippen molar-refractivity contribution >= 4 is 11.4 Å². The summed E-state index contributed by atoms with van der Waals surface area (Å²) in [7, 11) is 0. The van der Waals surface area contributed by atoms with Crippen LogP contribution in [0.2, 0.25) is 0 Å². The number of unbranched alkanes of at least 4 members (excludes halogenated alkanes) is 1. The molecule has 3 heteroatoms. The second kappa shape index (κ2) is 8.69. The highest BCUT2D eigenvalue weighted by Gasteiger charge is 2.28. The van der Waals surface area contributed by atoms with Crippen molar-refractivity contribution in [2.45, 2.75) is 45.1 Å². The van der Waals surface area contributed by atoms with E-state index >= 15 is 0 Å². The van der Waals surface area contributed by atoms with Crippen molar-refractivity contribution in [1.82, 2.24) is 0 Å². The summed E-state index contributed by atoms with van der Waals surface area (Å²) < 4.78 is 13.5. The topological polar surface area (TPSA) is 29.3 Å². The van der Waals surface area contributed by atoms with Crippen LogP contribution in [-0.2, 0) is 19.3 Å². The van der Waals surface area contributed by atoms with Crippen LogP contribution in [0, 0.1) is 5.82 Å². The molecule has 29 heavy (non-hydrogen) atoms. The Morgan fingerprint density at radius 1 is 0.966 bits per heavy atom. The Morgan fingerprint density at radius 3 is 2.41 bits per heavy atom. The molecule has 0 saturated heterocycles. The minimum Gasteiger partial charge on any atom is -0.399 e. The van der Waals surface area contributed by atoms with Crippen LogP contribution in [0.5, 0.6) is 0 Å². The molecule has 0 spiro atoms. The van der Waals surface area contributed by atoms with Crippen LogP contribution >= 0.6 is 0 Å². The van der Waals surface area contributed by atoms with E-state index in [0.717, 1.165) is 37.2 Å². The summed E-state index contributed by atoms with van der Waals surface area (Å²) in [5.41, 5.74) is 13.3. The van der Waals surface area contributed by atoms with Crippen LogP contribution in [0.15, 0.2) is 66.7 Å². The molecule has 2 nitrogen and oxygen atoms in total. The maximum atomic E-state index is 13.5. The zero-order chi connectivity index (χ0) is 20.2. The van der Waals surface area contributed by atoms with E-state index in [1.165, 1.54) is 35.1 Å². The fourth-order valence-electron chi connectivity index (χ4n) is 4.34. The molecule has 0 amide bonds. The first kappa shape index (κ1) is 19.5. The van der Waals surface area contributed by atoms with E-state index < -0.39 is 0 Å². The first-order valence-corrected chi connectivity index (χ1v) is 10.6. The second-order valence-electron chi connectivity index (χ2n) is 8.02. The zero-order valence-electron chi connectivity index (χ0n) is 17.1. The lowest BCUT2D eigenvalue weighted by atomic mass is 9.87. The summed E-state index contributed by atoms with van der Waals surface area (Å²) in [6.45, 7) is 3.13. The lowest BCUT2D eigenvalue weighted by molar-refractivity contribution is 0.578. The van der Waals surface area contributed by atoms with Crippen LogP contribution in [-0.4, -0.2) is 6.54 Å². The number of anilines is 2. The van der Waals surface area contributed by atoms with Crippen molar-refractivity contribution in [2.24, 2.45) is 0 Å². The number of hydrogen-bond acceptors (Lipinski definition) is 2. The average molecular weight is 389 g/mol. The normalized spacial score (nSPS) is 15.9. The lowest BCUT2D eigenvalue weighted by Gasteiger charge is -2.39. The van der Waals surface area contributed by atoms with E-state index in [9.17, 15) is 4.39 Å². The molecular weight excluding hydrogens is 359 g/mol. The summed E-state index contributed by atoms with van der Waals surface area (Å²) in [5.74, 6) is -0.196. The zero-order valence-corrected chi connectivity index (χ0v) is 17.1. The van der Waals surface area contributed by atoms with E-state index in [1.54, 1.807) is 12.1 Å². The molecule has 0 saturated carbocycles. The standard InChI is InChI=1S/C26H29FN2/c1-2-3-4-19-5-7-20(8-6-19)17-26-25-14-11-23(28)18-21(25)15-16-29(26)24-12-9-22(27)10-13-24/h5-14,18,26H,2-4,15-17,28H2,1H3. The minimum absolute atomic E-state index is 0.196. The fourth-order valence-corrected chi connectivity index (χ4v) is 4.34. The number of nitrogen functional groups attached to an aromatic ring is 1. The van der Waals surface area contributed by atoms with Gasteiger partial charge < -0.3 is 10.6 Å². The Kier molecular flexibility index (Phi) is 5.84. The molecule has 3 aromatic rings. The van der Waals surface area contributed by atoms with E-state index in [1.807, 2.05) is 18.2 Å². The van der Waals surface area contributed by atoms with Gasteiger partial charge in [-0.05, 0) is 84.3 Å². The van der Waals surface area contributed by atoms with Crippen LogP contribution in [0.1, 0.15) is 48.1 Å².